The number of para-hydroxylation sites is 1. The fourth-order valence-electron chi connectivity index (χ4n) is 3.72. The number of nitrogens with zero attached hydrogens (tertiary/aromatic N) is 1. The Bertz CT molecular complexity index is 1450. The third kappa shape index (κ3) is 5.48. The van der Waals surface area contributed by atoms with Crippen LogP contribution in [0.5, 0.6) is 11.5 Å². The van der Waals surface area contributed by atoms with Crippen LogP contribution in [-0.4, -0.2) is 36.0 Å². The lowest BCUT2D eigenvalue weighted by atomic mass is 10.1. The molecule has 0 saturated carbocycles. The number of carbonyl (C=O) groups is 4. The Labute approximate surface area is 225 Å². The number of methoxy groups -OCH3 is 1. The second kappa shape index (κ2) is 10.8. The van der Waals surface area contributed by atoms with Gasteiger partial charge >= 0.3 is 12.0 Å². The van der Waals surface area contributed by atoms with Crippen LogP contribution in [0.15, 0.2) is 66.2 Å². The molecule has 2 N–H and O–H groups in total. The van der Waals surface area contributed by atoms with E-state index in [1.54, 1.807) is 55.5 Å². The number of carbonyl (C=O) groups excluding carboxylic acids is 3. The van der Waals surface area contributed by atoms with Crippen LogP contribution in [0.3, 0.4) is 0 Å². The topological polar surface area (TPSA) is 122 Å². The first-order valence-electron chi connectivity index (χ1n) is 11.0. The number of carboxylic acids is 1. The van der Waals surface area contributed by atoms with E-state index in [-0.39, 0.29) is 17.7 Å². The maximum atomic E-state index is 13.2. The summed E-state index contributed by atoms with van der Waals surface area (Å²) in [4.78, 5) is 50.3. The highest BCUT2D eigenvalue weighted by atomic mass is 127. The molecule has 0 radical (unpaired) electrons. The van der Waals surface area contributed by atoms with Crippen LogP contribution in [0.4, 0.5) is 10.5 Å². The highest BCUT2D eigenvalue weighted by Crippen LogP contribution is 2.35. The zero-order valence-electron chi connectivity index (χ0n) is 19.8. The van der Waals surface area contributed by atoms with Crippen molar-refractivity contribution in [2.75, 3.05) is 12.0 Å². The summed E-state index contributed by atoms with van der Waals surface area (Å²) in [5, 5.41) is 11.3. The first-order chi connectivity index (χ1) is 17.7. The molecule has 1 aliphatic heterocycles. The minimum atomic E-state index is -1.01. The minimum absolute atomic E-state index is 0.168. The number of hydrogen-bond acceptors (Lipinski definition) is 6. The van der Waals surface area contributed by atoms with Gasteiger partial charge in [0.05, 0.1) is 21.9 Å². The van der Waals surface area contributed by atoms with Crippen LogP contribution in [0, 0.1) is 10.5 Å². The number of benzene rings is 3. The van der Waals surface area contributed by atoms with Gasteiger partial charge < -0.3 is 14.6 Å². The largest absolute Gasteiger partial charge is 0.493 e. The first kappa shape index (κ1) is 25.9. The van der Waals surface area contributed by atoms with Gasteiger partial charge in [0.2, 0.25) is 0 Å². The second-order valence-corrected chi connectivity index (χ2v) is 9.23. The molecule has 0 atom stereocenters. The van der Waals surface area contributed by atoms with Crippen molar-refractivity contribution in [3.63, 3.8) is 0 Å². The molecular weight excluding hydrogens is 591 g/mol. The lowest BCUT2D eigenvalue weighted by Gasteiger charge is -2.27. The summed E-state index contributed by atoms with van der Waals surface area (Å²) in [6.07, 6.45) is 1.40. The number of barbiturate groups is 1. The third-order valence-corrected chi connectivity index (χ3v) is 6.41. The molecule has 37 heavy (non-hydrogen) atoms. The number of imide groups is 2. The summed E-state index contributed by atoms with van der Waals surface area (Å²) in [7, 11) is 1.47. The number of ether oxygens (including phenoxy) is 2. The molecule has 1 saturated heterocycles. The maximum Gasteiger partial charge on any atom is 0.335 e. The lowest BCUT2D eigenvalue weighted by Crippen LogP contribution is -2.54. The monoisotopic (exact) mass is 612 g/mol. The van der Waals surface area contributed by atoms with Gasteiger partial charge in [-0.3, -0.25) is 14.9 Å². The number of halogens is 1. The van der Waals surface area contributed by atoms with Gasteiger partial charge in [0.25, 0.3) is 11.8 Å². The van der Waals surface area contributed by atoms with Gasteiger partial charge in [0.1, 0.15) is 12.2 Å². The molecule has 0 aromatic heterocycles. The van der Waals surface area contributed by atoms with Crippen molar-refractivity contribution in [3.05, 3.63) is 92.1 Å². The van der Waals surface area contributed by atoms with Gasteiger partial charge in [-0.15, -0.1) is 0 Å². The van der Waals surface area contributed by atoms with Gasteiger partial charge in [0, 0.05) is 0 Å². The average Bonchev–Trinajstić information content (AvgIpc) is 2.87. The lowest BCUT2D eigenvalue weighted by molar-refractivity contribution is -0.122. The maximum absolute atomic E-state index is 13.2. The van der Waals surface area contributed by atoms with E-state index in [2.05, 4.69) is 27.9 Å². The molecule has 0 bridgehead atoms. The van der Waals surface area contributed by atoms with Crippen molar-refractivity contribution in [3.8, 4) is 11.5 Å². The van der Waals surface area contributed by atoms with Crippen molar-refractivity contribution < 1.29 is 33.8 Å². The minimum Gasteiger partial charge on any atom is -0.493 e. The molecular formula is C27H21IN2O7. The number of carboxylic acid groups (broad SMARTS) is 1. The van der Waals surface area contributed by atoms with Crippen LogP contribution in [0.2, 0.25) is 0 Å². The van der Waals surface area contributed by atoms with Gasteiger partial charge in [-0.2, -0.15) is 0 Å². The molecule has 0 aliphatic carbocycles. The van der Waals surface area contributed by atoms with Crippen LogP contribution in [0.1, 0.15) is 27.0 Å². The van der Waals surface area contributed by atoms with E-state index < -0.39 is 23.8 Å². The quantitative estimate of drug-likeness (QED) is 0.228. The van der Waals surface area contributed by atoms with Crippen LogP contribution in [-0.2, 0) is 16.2 Å². The number of amides is 4. The van der Waals surface area contributed by atoms with Gasteiger partial charge in [0.15, 0.2) is 11.5 Å². The number of aromatic carboxylic acids is 1. The smallest absolute Gasteiger partial charge is 0.335 e. The van der Waals surface area contributed by atoms with E-state index in [1.807, 2.05) is 0 Å². The molecule has 1 fully saturated rings. The molecule has 1 aliphatic rings. The number of urea groups is 1. The summed E-state index contributed by atoms with van der Waals surface area (Å²) in [5.74, 6) is -1.72. The van der Waals surface area contributed by atoms with Crippen molar-refractivity contribution in [2.24, 2.45) is 0 Å². The Morgan fingerprint density at radius 2 is 1.78 bits per heavy atom. The van der Waals surface area contributed by atoms with Crippen LogP contribution < -0.4 is 19.7 Å². The molecule has 10 heteroatoms. The van der Waals surface area contributed by atoms with E-state index >= 15 is 0 Å². The molecule has 4 rings (SSSR count). The van der Waals surface area contributed by atoms with E-state index in [0.717, 1.165) is 10.5 Å². The molecule has 3 aromatic rings. The zero-order chi connectivity index (χ0) is 26.7. The molecule has 9 nitrogen and oxygen atoms in total. The van der Waals surface area contributed by atoms with E-state index in [1.165, 1.54) is 25.3 Å². The first-order valence-corrected chi connectivity index (χ1v) is 12.1. The predicted octanol–water partition coefficient (Wildman–Crippen LogP) is 4.55. The summed E-state index contributed by atoms with van der Waals surface area (Å²) < 4.78 is 12.1. The fraction of sp³-hybridized carbons (Fsp3) is 0.111. The molecule has 3 aromatic carbocycles. The number of nitrogens with one attached hydrogen (secondary N) is 1. The van der Waals surface area contributed by atoms with Crippen LogP contribution >= 0.6 is 22.6 Å². The molecule has 0 spiro atoms. The van der Waals surface area contributed by atoms with Crippen molar-refractivity contribution in [1.29, 1.82) is 0 Å². The normalized spacial score (nSPS) is 14.5. The standard InChI is InChI=1S/C27H21IN2O7/c1-15-5-3-4-6-21(15)30-25(32)19(24(31)29-27(30)35)11-17-12-20(28)23(22(13-17)36-2)37-14-16-7-9-18(10-8-16)26(33)34/h3-13H,14H2,1-2H3,(H,33,34)(H,29,31,35)/b19-11+. The predicted molar refractivity (Wildman–Crippen MR) is 144 cm³/mol. The van der Waals surface area contributed by atoms with Gasteiger partial charge in [-0.1, -0.05) is 30.3 Å². The number of hydrogen-bond donors (Lipinski definition) is 2. The highest BCUT2D eigenvalue weighted by molar-refractivity contribution is 14.1. The Kier molecular flexibility index (Phi) is 7.58. The SMILES string of the molecule is COc1cc(/C=C2\C(=O)NC(=O)N(c3ccccc3C)C2=O)cc(I)c1OCc1ccc(C(=O)O)cc1. The Balaban J connectivity index is 1.62. The summed E-state index contributed by atoms with van der Waals surface area (Å²) in [5.41, 5.74) is 2.33. The van der Waals surface area contributed by atoms with E-state index in [0.29, 0.717) is 31.9 Å². The number of aryl methyl sites for hydroxylation is 1. The molecule has 0 unspecified atom stereocenters. The second-order valence-electron chi connectivity index (χ2n) is 8.07. The van der Waals surface area contributed by atoms with Gasteiger partial charge in [-0.05, 0) is 82.6 Å². The van der Waals surface area contributed by atoms with Gasteiger partial charge in [-0.25, -0.2) is 14.5 Å². The van der Waals surface area contributed by atoms with Crippen LogP contribution in [0.25, 0.3) is 6.08 Å². The fourth-order valence-corrected chi connectivity index (χ4v) is 4.50. The Hall–Kier alpha value is -4.19. The Morgan fingerprint density at radius 1 is 1.08 bits per heavy atom. The summed E-state index contributed by atoms with van der Waals surface area (Å²) in [6, 6.07) is 15.7. The van der Waals surface area contributed by atoms with E-state index in [9.17, 15) is 19.2 Å². The highest BCUT2D eigenvalue weighted by Gasteiger charge is 2.37. The Morgan fingerprint density at radius 3 is 2.43 bits per heavy atom. The molecule has 4 amide bonds. The van der Waals surface area contributed by atoms with Crippen molar-refractivity contribution in [1.82, 2.24) is 5.32 Å². The third-order valence-electron chi connectivity index (χ3n) is 5.60. The summed E-state index contributed by atoms with van der Waals surface area (Å²) in [6.45, 7) is 1.93. The number of rotatable bonds is 7. The molecule has 1 heterocycles. The van der Waals surface area contributed by atoms with Crippen molar-refractivity contribution >= 4 is 58.2 Å². The summed E-state index contributed by atoms with van der Waals surface area (Å²) >= 11 is 2.06. The van der Waals surface area contributed by atoms with Crippen molar-refractivity contribution in [2.45, 2.75) is 13.5 Å². The van der Waals surface area contributed by atoms with E-state index in [4.69, 9.17) is 14.6 Å². The molecule has 188 valence electrons. The average molecular weight is 612 g/mol. The number of anilines is 1. The zero-order valence-corrected chi connectivity index (χ0v) is 21.9.